The number of rotatable bonds is 9. The molecule has 3 aromatic rings. The largest absolute Gasteiger partial charge is 0.387 e. The van der Waals surface area contributed by atoms with E-state index in [9.17, 15) is 9.59 Å². The number of halogens is 1. The fourth-order valence-corrected chi connectivity index (χ4v) is 4.23. The Bertz CT molecular complexity index is 1250. The van der Waals surface area contributed by atoms with Crippen LogP contribution in [0.1, 0.15) is 23.2 Å². The van der Waals surface area contributed by atoms with Crippen molar-refractivity contribution in [1.29, 1.82) is 0 Å². The topological polar surface area (TPSA) is 140 Å². The van der Waals surface area contributed by atoms with Gasteiger partial charge in [-0.25, -0.2) is 15.0 Å². The molecule has 0 saturated carbocycles. The summed E-state index contributed by atoms with van der Waals surface area (Å²) in [6.07, 6.45) is 1.88. The minimum atomic E-state index is -0.707. The summed E-state index contributed by atoms with van der Waals surface area (Å²) in [6, 6.07) is 15.3. The number of benzene rings is 2. The lowest BCUT2D eigenvalue weighted by Crippen LogP contribution is -2.37. The first-order valence-corrected chi connectivity index (χ1v) is 12.1. The maximum absolute atomic E-state index is 12.5. The summed E-state index contributed by atoms with van der Waals surface area (Å²) in [6.45, 7) is 1.82. The minimum Gasteiger partial charge on any atom is -0.387 e. The zero-order valence-corrected chi connectivity index (χ0v) is 20.3. The lowest BCUT2D eigenvalue weighted by Gasteiger charge is -2.32. The number of anilines is 2. The Labute approximate surface area is 212 Å². The van der Waals surface area contributed by atoms with Gasteiger partial charge in [0, 0.05) is 36.2 Å². The molecule has 0 bridgehead atoms. The van der Waals surface area contributed by atoms with E-state index in [4.69, 9.17) is 23.1 Å². The number of aromatic nitrogens is 2. The lowest BCUT2D eigenvalue weighted by molar-refractivity contribution is -0.108. The van der Waals surface area contributed by atoms with Crippen LogP contribution in [0.25, 0.3) is 0 Å². The number of nitrogens with zero attached hydrogens (tertiary/aromatic N) is 4. The Kier molecular flexibility index (Phi) is 7.96. The number of nitrogens with two attached hydrogens (primary N) is 2. The third-order valence-corrected chi connectivity index (χ3v) is 6.38. The molecular weight excluding hydrogens is 486 g/mol. The predicted octanol–water partition coefficient (Wildman–Crippen LogP) is 3.65. The summed E-state index contributed by atoms with van der Waals surface area (Å²) in [5.74, 6) is 1.12. The molecule has 5 N–H and O–H groups in total. The number of hydrogen-bond acceptors (Lipinski definition) is 8. The zero-order chi connectivity index (χ0) is 24.8. The molecule has 1 unspecified atom stereocenters. The van der Waals surface area contributed by atoms with Crippen molar-refractivity contribution in [2.24, 2.45) is 16.5 Å². The molecule has 2 aromatic carbocycles. The standard InChI is InChI=1S/C24H24ClN7O2S/c25-19-5-2-1-4-18(19)23(34)28-16-6-8-17(9-7-16)35-24-30-21(29-20(27)12-15(26)14-33)13-22(31-24)32-10-3-11-32/h1-2,4-9,13-15H,3,10-12,26H2,(H,28,34)(H2,27,29,30,31). The molecule has 1 atom stereocenters. The van der Waals surface area contributed by atoms with Gasteiger partial charge in [-0.15, -0.1) is 0 Å². The van der Waals surface area contributed by atoms with Crippen LogP contribution in [0.4, 0.5) is 17.3 Å². The van der Waals surface area contributed by atoms with E-state index in [0.717, 1.165) is 30.2 Å². The van der Waals surface area contributed by atoms with Crippen molar-refractivity contribution in [3.63, 3.8) is 0 Å². The molecule has 1 fully saturated rings. The van der Waals surface area contributed by atoms with E-state index in [1.807, 2.05) is 12.1 Å². The van der Waals surface area contributed by atoms with E-state index in [1.165, 1.54) is 11.8 Å². The smallest absolute Gasteiger partial charge is 0.257 e. The molecule has 1 aliphatic heterocycles. The quantitative estimate of drug-likeness (QED) is 0.172. The zero-order valence-electron chi connectivity index (χ0n) is 18.7. The van der Waals surface area contributed by atoms with E-state index >= 15 is 0 Å². The first-order chi connectivity index (χ1) is 16.9. The van der Waals surface area contributed by atoms with Gasteiger partial charge in [0.25, 0.3) is 5.91 Å². The van der Waals surface area contributed by atoms with Crippen molar-refractivity contribution in [3.8, 4) is 0 Å². The normalized spacial score (nSPS) is 14.2. The Morgan fingerprint density at radius 1 is 1.20 bits per heavy atom. The van der Waals surface area contributed by atoms with E-state index in [1.54, 1.807) is 42.5 Å². The van der Waals surface area contributed by atoms with Crippen molar-refractivity contribution >= 4 is 58.7 Å². The van der Waals surface area contributed by atoms with Crippen LogP contribution < -0.4 is 21.7 Å². The molecule has 1 saturated heterocycles. The van der Waals surface area contributed by atoms with Crippen molar-refractivity contribution in [2.45, 2.75) is 28.9 Å². The van der Waals surface area contributed by atoms with Crippen molar-refractivity contribution in [2.75, 3.05) is 23.3 Å². The number of aliphatic imine (C=N–C) groups is 1. The molecule has 180 valence electrons. The van der Waals surface area contributed by atoms with Crippen LogP contribution in [0.3, 0.4) is 0 Å². The van der Waals surface area contributed by atoms with Crippen molar-refractivity contribution in [1.82, 2.24) is 9.97 Å². The van der Waals surface area contributed by atoms with Crippen LogP contribution in [0.2, 0.25) is 5.02 Å². The Morgan fingerprint density at radius 2 is 1.94 bits per heavy atom. The molecule has 1 aliphatic rings. The van der Waals surface area contributed by atoms with Crippen LogP contribution in [0.15, 0.2) is 69.6 Å². The number of amides is 1. The summed E-state index contributed by atoms with van der Waals surface area (Å²) in [7, 11) is 0. The van der Waals surface area contributed by atoms with Gasteiger partial charge in [0.05, 0.1) is 16.6 Å². The summed E-state index contributed by atoms with van der Waals surface area (Å²) >= 11 is 7.47. The molecule has 9 nitrogen and oxygen atoms in total. The summed E-state index contributed by atoms with van der Waals surface area (Å²) < 4.78 is 0. The fourth-order valence-electron chi connectivity index (χ4n) is 3.25. The van der Waals surface area contributed by atoms with Gasteiger partial charge in [0.1, 0.15) is 17.9 Å². The highest BCUT2D eigenvalue weighted by Gasteiger charge is 2.18. The van der Waals surface area contributed by atoms with Crippen LogP contribution >= 0.6 is 23.4 Å². The second kappa shape index (κ2) is 11.3. The molecule has 4 rings (SSSR count). The van der Waals surface area contributed by atoms with Crippen molar-refractivity contribution in [3.05, 3.63) is 65.2 Å². The minimum absolute atomic E-state index is 0.149. The molecule has 1 amide bonds. The highest BCUT2D eigenvalue weighted by molar-refractivity contribution is 7.99. The van der Waals surface area contributed by atoms with Gasteiger partial charge in [0.2, 0.25) is 0 Å². The van der Waals surface area contributed by atoms with Crippen LogP contribution in [-0.4, -0.2) is 47.1 Å². The highest BCUT2D eigenvalue weighted by Crippen LogP contribution is 2.31. The van der Waals surface area contributed by atoms with E-state index in [0.29, 0.717) is 33.5 Å². The SMILES string of the molecule is NC(CC(N)C=O)=Nc1cc(N2CCC2)nc(Sc2ccc(NC(=O)c3ccccc3Cl)cc2)n1. The van der Waals surface area contributed by atoms with Gasteiger partial charge in [-0.3, -0.25) is 4.79 Å². The summed E-state index contributed by atoms with van der Waals surface area (Å²) in [4.78, 5) is 39.8. The third-order valence-electron chi connectivity index (χ3n) is 5.18. The molecule has 11 heteroatoms. The Hall–Kier alpha value is -3.47. The van der Waals surface area contributed by atoms with E-state index in [-0.39, 0.29) is 18.2 Å². The van der Waals surface area contributed by atoms with E-state index in [2.05, 4.69) is 25.2 Å². The second-order valence-electron chi connectivity index (χ2n) is 7.88. The molecule has 35 heavy (non-hydrogen) atoms. The van der Waals surface area contributed by atoms with Crippen molar-refractivity contribution < 1.29 is 9.59 Å². The average Bonchev–Trinajstić information content (AvgIpc) is 2.79. The van der Waals surface area contributed by atoms with Gasteiger partial charge >= 0.3 is 0 Å². The molecule has 1 aromatic heterocycles. The van der Waals surface area contributed by atoms with Gasteiger partial charge in [0.15, 0.2) is 11.0 Å². The van der Waals surface area contributed by atoms with Gasteiger partial charge in [-0.05, 0) is 54.6 Å². The van der Waals surface area contributed by atoms with Crippen LogP contribution in [-0.2, 0) is 4.79 Å². The van der Waals surface area contributed by atoms with Gasteiger partial charge in [-0.2, -0.15) is 0 Å². The molecule has 0 radical (unpaired) electrons. The number of carbonyl (C=O) groups excluding carboxylic acids is 2. The number of amidine groups is 1. The number of carbonyl (C=O) groups is 2. The summed E-state index contributed by atoms with van der Waals surface area (Å²) in [5, 5.41) is 3.74. The number of aldehydes is 1. The summed E-state index contributed by atoms with van der Waals surface area (Å²) in [5.41, 5.74) is 12.6. The molecular formula is C24H24ClN7O2S. The molecule has 2 heterocycles. The van der Waals surface area contributed by atoms with E-state index < -0.39 is 6.04 Å². The Balaban J connectivity index is 1.49. The maximum Gasteiger partial charge on any atom is 0.257 e. The average molecular weight is 510 g/mol. The van der Waals surface area contributed by atoms with Crippen LogP contribution in [0, 0.1) is 0 Å². The van der Waals surface area contributed by atoms with Gasteiger partial charge in [-0.1, -0.05) is 23.7 Å². The van der Waals surface area contributed by atoms with Gasteiger partial charge < -0.3 is 26.5 Å². The number of nitrogens with one attached hydrogen (secondary N) is 1. The molecule has 0 spiro atoms. The lowest BCUT2D eigenvalue weighted by atomic mass is 10.2. The number of hydrogen-bond donors (Lipinski definition) is 3. The molecule has 0 aliphatic carbocycles. The first-order valence-electron chi connectivity index (χ1n) is 10.9. The second-order valence-corrected chi connectivity index (χ2v) is 9.32. The predicted molar refractivity (Wildman–Crippen MR) is 139 cm³/mol. The Morgan fingerprint density at radius 3 is 2.60 bits per heavy atom. The van der Waals surface area contributed by atoms with Crippen LogP contribution in [0.5, 0.6) is 0 Å². The maximum atomic E-state index is 12.5. The first kappa shape index (κ1) is 24.6. The third kappa shape index (κ3) is 6.56. The fraction of sp³-hybridized carbons (Fsp3) is 0.208. The monoisotopic (exact) mass is 509 g/mol. The highest BCUT2D eigenvalue weighted by atomic mass is 35.5.